The van der Waals surface area contributed by atoms with E-state index < -0.39 is 44.7 Å². The number of halogens is 2. The van der Waals surface area contributed by atoms with Crippen LogP contribution >= 0.6 is 7.75 Å². The zero-order valence-electron chi connectivity index (χ0n) is 14.8. The predicted octanol–water partition coefficient (Wildman–Crippen LogP) is 2.17. The number of ether oxygens (including phenoxy) is 1. The second-order valence-corrected chi connectivity index (χ2v) is 7.92. The molecule has 2 heterocycles. The van der Waals surface area contributed by atoms with E-state index in [9.17, 15) is 18.1 Å². The van der Waals surface area contributed by atoms with Crippen LogP contribution in [0.4, 0.5) is 14.6 Å². The number of nitrogens with two attached hydrogens (primary N) is 1. The van der Waals surface area contributed by atoms with Crippen molar-refractivity contribution >= 4 is 13.6 Å². The van der Waals surface area contributed by atoms with E-state index in [-0.39, 0.29) is 11.6 Å². The fraction of sp³-hybridized carbons (Fsp3) is 0.375. The molecule has 0 bridgehead atoms. The minimum atomic E-state index is -3.80. The molecule has 3 rings (SSSR count). The molecule has 2 aromatic rings. The third kappa shape index (κ3) is 4.56. The first-order valence-electron chi connectivity index (χ1n) is 8.28. The molecule has 0 saturated carbocycles. The Hall–Kier alpha value is -2.33. The molecule has 1 fully saturated rings. The smallest absolute Gasteiger partial charge is 0.413 e. The fourth-order valence-corrected chi connectivity index (χ4v) is 3.68. The van der Waals surface area contributed by atoms with Crippen molar-refractivity contribution in [1.82, 2.24) is 14.6 Å². The Bertz CT molecular complexity index is 927. The molecule has 0 radical (unpaired) electrons. The van der Waals surface area contributed by atoms with Crippen molar-refractivity contribution < 1.29 is 27.1 Å². The number of nitrogens with zero attached hydrogens (tertiary/aromatic N) is 2. The van der Waals surface area contributed by atoms with E-state index in [2.05, 4.69) is 10.1 Å². The lowest BCUT2D eigenvalue weighted by Crippen LogP contribution is -2.35. The van der Waals surface area contributed by atoms with Gasteiger partial charge in [-0.3, -0.25) is 9.09 Å². The third-order valence-corrected chi connectivity index (χ3v) is 5.45. The number of anilines is 1. The Kier molecular flexibility index (Phi) is 5.80. The molecule has 28 heavy (non-hydrogen) atoms. The van der Waals surface area contributed by atoms with Crippen LogP contribution in [0.15, 0.2) is 47.4 Å². The van der Waals surface area contributed by atoms with Gasteiger partial charge in [-0.2, -0.15) is 4.98 Å². The molecule has 9 nitrogen and oxygen atoms in total. The van der Waals surface area contributed by atoms with Gasteiger partial charge in [0.1, 0.15) is 11.6 Å². The number of aromatic nitrogens is 2. The average molecular weight is 416 g/mol. The van der Waals surface area contributed by atoms with E-state index in [0.717, 1.165) is 6.20 Å². The highest BCUT2D eigenvalue weighted by atomic mass is 31.2. The van der Waals surface area contributed by atoms with Gasteiger partial charge in [0.15, 0.2) is 0 Å². The molecule has 12 heteroatoms. The maximum Gasteiger partial charge on any atom is 0.458 e. The van der Waals surface area contributed by atoms with Gasteiger partial charge in [-0.25, -0.2) is 23.2 Å². The van der Waals surface area contributed by atoms with E-state index in [4.69, 9.17) is 19.5 Å². The van der Waals surface area contributed by atoms with Gasteiger partial charge in [-0.15, -0.1) is 0 Å². The highest BCUT2D eigenvalue weighted by molar-refractivity contribution is 7.52. The summed E-state index contributed by atoms with van der Waals surface area (Å²) in [5.41, 5.74) is 4.41. The van der Waals surface area contributed by atoms with Gasteiger partial charge in [0, 0.05) is 12.6 Å². The quantitative estimate of drug-likeness (QED) is 0.660. The summed E-state index contributed by atoms with van der Waals surface area (Å²) in [6.45, 7) is -0.436. The number of rotatable bonds is 7. The van der Waals surface area contributed by atoms with Crippen molar-refractivity contribution in [3.63, 3.8) is 0 Å². The van der Waals surface area contributed by atoms with Crippen LogP contribution in [0.1, 0.15) is 12.6 Å². The molecule has 1 aromatic carbocycles. The second-order valence-electron chi connectivity index (χ2n) is 6.04. The maximum absolute atomic E-state index is 14.4. The normalized spacial score (nSPS) is 23.2. The van der Waals surface area contributed by atoms with E-state index in [1.54, 1.807) is 30.3 Å². The van der Waals surface area contributed by atoms with Crippen molar-refractivity contribution in [2.75, 3.05) is 19.4 Å². The van der Waals surface area contributed by atoms with Crippen LogP contribution in [0.2, 0.25) is 0 Å². The number of hydrogen-bond acceptors (Lipinski definition) is 7. The summed E-state index contributed by atoms with van der Waals surface area (Å²) in [6.07, 6.45) is -2.64. The monoisotopic (exact) mass is 416 g/mol. The molecule has 1 aliphatic rings. The number of alkyl halides is 2. The van der Waals surface area contributed by atoms with Crippen molar-refractivity contribution in [3.8, 4) is 5.75 Å². The van der Waals surface area contributed by atoms with Crippen LogP contribution in [-0.4, -0.2) is 35.2 Å². The van der Waals surface area contributed by atoms with Crippen LogP contribution in [0.25, 0.3) is 0 Å². The van der Waals surface area contributed by atoms with E-state index in [1.165, 1.54) is 13.1 Å². The molecule has 1 aliphatic heterocycles. The molecule has 3 atom stereocenters. The van der Waals surface area contributed by atoms with Crippen molar-refractivity contribution in [3.05, 3.63) is 53.1 Å². The molecule has 0 amide bonds. The minimum absolute atomic E-state index is 0.0875. The van der Waals surface area contributed by atoms with Crippen LogP contribution < -0.4 is 21.0 Å². The lowest BCUT2D eigenvalue weighted by atomic mass is 10.2. The molecule has 1 saturated heterocycles. The van der Waals surface area contributed by atoms with Crippen LogP contribution in [0.3, 0.4) is 0 Å². The summed E-state index contributed by atoms with van der Waals surface area (Å²) in [5, 5.41) is 2.42. The Labute approximate surface area is 159 Å². The first kappa shape index (κ1) is 20.4. The lowest BCUT2D eigenvalue weighted by molar-refractivity contribution is -0.119. The summed E-state index contributed by atoms with van der Waals surface area (Å²) in [6, 6.07) is 9.47. The van der Waals surface area contributed by atoms with Crippen LogP contribution in [0.5, 0.6) is 5.75 Å². The zero-order valence-corrected chi connectivity index (χ0v) is 15.7. The molecule has 152 valence electrons. The van der Waals surface area contributed by atoms with E-state index in [0.29, 0.717) is 4.57 Å². The summed E-state index contributed by atoms with van der Waals surface area (Å²) >= 11 is 0. The van der Waals surface area contributed by atoms with Crippen molar-refractivity contribution in [1.29, 1.82) is 0 Å². The summed E-state index contributed by atoms with van der Waals surface area (Å²) in [4.78, 5) is 15.3. The Balaban J connectivity index is 1.68. The minimum Gasteiger partial charge on any atom is -0.413 e. The maximum atomic E-state index is 14.4. The van der Waals surface area contributed by atoms with Gasteiger partial charge in [0.25, 0.3) is 5.92 Å². The first-order valence-corrected chi connectivity index (χ1v) is 9.83. The number of para-hydroxylation sites is 1. The third-order valence-electron chi connectivity index (χ3n) is 3.96. The van der Waals surface area contributed by atoms with Crippen molar-refractivity contribution in [2.24, 2.45) is 0 Å². The largest absolute Gasteiger partial charge is 0.458 e. The fourth-order valence-electron chi connectivity index (χ4n) is 2.64. The molecule has 0 spiro atoms. The van der Waals surface area contributed by atoms with E-state index in [1.807, 2.05) is 0 Å². The van der Waals surface area contributed by atoms with Crippen molar-refractivity contribution in [2.45, 2.75) is 24.7 Å². The summed E-state index contributed by atoms with van der Waals surface area (Å²) in [7, 11) is -2.44. The van der Waals surface area contributed by atoms with Crippen LogP contribution in [0, 0.1) is 0 Å². The number of nitrogens with one attached hydrogen (secondary N) is 1. The van der Waals surface area contributed by atoms with Gasteiger partial charge in [-0.1, -0.05) is 18.2 Å². The molecular formula is C16H19F2N4O5P. The number of hydrogen-bond donors (Lipinski definition) is 2. The average Bonchev–Trinajstić information content (AvgIpc) is 2.95. The summed E-state index contributed by atoms with van der Waals surface area (Å²) in [5.74, 6) is -3.16. The van der Waals surface area contributed by atoms with Gasteiger partial charge in [0.05, 0.1) is 12.7 Å². The second kappa shape index (κ2) is 7.96. The molecule has 1 aromatic heterocycles. The van der Waals surface area contributed by atoms with Crippen LogP contribution in [-0.2, 0) is 13.8 Å². The molecule has 3 N–H and O–H groups in total. The summed E-state index contributed by atoms with van der Waals surface area (Å²) < 4.78 is 57.8. The number of nitrogen functional groups attached to an aromatic ring is 1. The highest BCUT2D eigenvalue weighted by Crippen LogP contribution is 2.46. The molecule has 0 aliphatic carbocycles. The Morgan fingerprint density at radius 1 is 1.39 bits per heavy atom. The topological polar surface area (TPSA) is 118 Å². The highest BCUT2D eigenvalue weighted by Gasteiger charge is 2.52. The SMILES string of the molecule is CNP(=O)(OC[C@@H]1CC(F)(F)[C@H](n2ccc(N)nc2=O)O1)Oc1ccccc1. The Morgan fingerprint density at radius 3 is 2.75 bits per heavy atom. The number of benzene rings is 1. The standard InChI is InChI=1S/C16H19F2N4O5P/c1-20-28(24,27-11-5-3-2-4-6-11)25-10-12-9-16(17,18)14(26-12)22-8-7-13(19)21-15(22)23/h2-8,12,14H,9-10H2,1H3,(H,20,24)(H2,19,21,23)/t12-,14+,28?/m0/s1. The van der Waals surface area contributed by atoms with Gasteiger partial charge in [-0.05, 0) is 25.2 Å². The van der Waals surface area contributed by atoms with Gasteiger partial charge < -0.3 is 15.0 Å². The zero-order chi connectivity index (χ0) is 20.4. The Morgan fingerprint density at radius 2 is 2.11 bits per heavy atom. The lowest BCUT2D eigenvalue weighted by Gasteiger charge is -2.20. The molecular weight excluding hydrogens is 397 g/mol. The first-order chi connectivity index (χ1) is 13.2. The predicted molar refractivity (Wildman–Crippen MR) is 96.1 cm³/mol. The van der Waals surface area contributed by atoms with Gasteiger partial charge >= 0.3 is 13.4 Å². The van der Waals surface area contributed by atoms with Gasteiger partial charge in [0.2, 0.25) is 6.23 Å². The molecule has 1 unspecified atom stereocenters. The van der Waals surface area contributed by atoms with E-state index >= 15 is 0 Å².